The van der Waals surface area contributed by atoms with Crippen molar-refractivity contribution in [2.45, 2.75) is 63.8 Å². The highest BCUT2D eigenvalue weighted by molar-refractivity contribution is 8.03. The molecule has 0 aliphatic carbocycles. The minimum absolute atomic E-state index is 0.0798. The Hall–Kier alpha value is -1.46. The van der Waals surface area contributed by atoms with E-state index < -0.39 is 0 Å². The van der Waals surface area contributed by atoms with Gasteiger partial charge in [0.1, 0.15) is 0 Å². The zero-order valence-electron chi connectivity index (χ0n) is 16.9. The van der Waals surface area contributed by atoms with Gasteiger partial charge in [-0.05, 0) is 47.9 Å². The van der Waals surface area contributed by atoms with Gasteiger partial charge >= 0.3 is 0 Å². The van der Waals surface area contributed by atoms with E-state index in [0.717, 1.165) is 28.5 Å². The maximum atomic E-state index is 12.3. The number of allylic oxidation sites excluding steroid dienone is 1. The summed E-state index contributed by atoms with van der Waals surface area (Å²) in [4.78, 5) is 14.3. The Bertz CT molecular complexity index is 601. The van der Waals surface area contributed by atoms with Gasteiger partial charge in [-0.15, -0.1) is 0 Å². The average molecular weight is 378 g/mol. The summed E-state index contributed by atoms with van der Waals surface area (Å²) in [7, 11) is 1.91. The van der Waals surface area contributed by atoms with E-state index in [0.29, 0.717) is 24.7 Å². The summed E-state index contributed by atoms with van der Waals surface area (Å²) in [6, 6.07) is 6.31. The van der Waals surface area contributed by atoms with Crippen LogP contribution in [0.5, 0.6) is 0 Å². The second kappa shape index (κ2) is 11.3. The van der Waals surface area contributed by atoms with Crippen LogP contribution < -0.4 is 16.4 Å². The fourth-order valence-corrected chi connectivity index (χ4v) is 3.53. The van der Waals surface area contributed by atoms with Gasteiger partial charge in [0, 0.05) is 29.6 Å². The van der Waals surface area contributed by atoms with Gasteiger partial charge in [0.05, 0.1) is 0 Å². The molecule has 0 fully saturated rings. The second-order valence-electron chi connectivity index (χ2n) is 7.21. The number of anilines is 1. The first-order chi connectivity index (χ1) is 12.3. The Labute approximate surface area is 163 Å². The van der Waals surface area contributed by atoms with E-state index in [1.165, 1.54) is 5.56 Å². The molecule has 0 aromatic heterocycles. The number of thioether (sulfide) groups is 1. The predicted octanol–water partition coefficient (Wildman–Crippen LogP) is 4.53. The summed E-state index contributed by atoms with van der Waals surface area (Å²) in [6.07, 6.45) is 2.14. The van der Waals surface area contributed by atoms with Crippen molar-refractivity contribution in [3.63, 3.8) is 0 Å². The topological polar surface area (TPSA) is 67.2 Å². The number of carbonyl (C=O) groups is 1. The van der Waals surface area contributed by atoms with Gasteiger partial charge in [-0.2, -0.15) is 0 Å². The molecule has 146 valence electrons. The molecule has 0 aliphatic rings. The van der Waals surface area contributed by atoms with E-state index >= 15 is 0 Å². The first-order valence-electron chi connectivity index (χ1n) is 9.47. The molecule has 0 spiro atoms. The number of carbonyl (C=O) groups excluding carboxylic acids is 1. The monoisotopic (exact) mass is 377 g/mol. The van der Waals surface area contributed by atoms with Crippen LogP contribution in [-0.4, -0.2) is 25.5 Å². The molecule has 1 aromatic rings. The van der Waals surface area contributed by atoms with Crippen molar-refractivity contribution in [3.05, 3.63) is 35.2 Å². The van der Waals surface area contributed by atoms with Crippen LogP contribution in [0, 0.1) is 5.92 Å². The lowest BCUT2D eigenvalue weighted by molar-refractivity contribution is -0.122. The molecule has 2 unspecified atom stereocenters. The smallest absolute Gasteiger partial charge is 0.220 e. The third-order valence-electron chi connectivity index (χ3n) is 4.69. The molecule has 1 amide bonds. The van der Waals surface area contributed by atoms with Gasteiger partial charge in [0.2, 0.25) is 5.91 Å². The molecule has 26 heavy (non-hydrogen) atoms. The Balaban J connectivity index is 2.56. The maximum Gasteiger partial charge on any atom is 0.220 e. The molecule has 2 atom stereocenters. The van der Waals surface area contributed by atoms with Crippen molar-refractivity contribution in [1.29, 1.82) is 0 Å². The van der Waals surface area contributed by atoms with Crippen LogP contribution in [0.3, 0.4) is 0 Å². The van der Waals surface area contributed by atoms with Crippen LogP contribution >= 0.6 is 11.8 Å². The second-order valence-corrected chi connectivity index (χ2v) is 8.43. The number of rotatable bonds is 11. The Morgan fingerprint density at radius 3 is 2.54 bits per heavy atom. The molecule has 0 saturated carbocycles. The van der Waals surface area contributed by atoms with Gasteiger partial charge in [-0.3, -0.25) is 4.79 Å². The zero-order chi connectivity index (χ0) is 19.7. The number of nitrogens with one attached hydrogen (secondary N) is 2. The van der Waals surface area contributed by atoms with Crippen LogP contribution in [-0.2, 0) is 4.79 Å². The van der Waals surface area contributed by atoms with E-state index in [9.17, 15) is 4.79 Å². The number of nitrogens with two attached hydrogens (primary N) is 1. The highest BCUT2D eigenvalue weighted by Gasteiger charge is 2.17. The largest absolute Gasteiger partial charge is 0.398 e. The highest BCUT2D eigenvalue weighted by atomic mass is 32.2. The Kier molecular flexibility index (Phi) is 9.81. The molecule has 1 rings (SSSR count). The average Bonchev–Trinajstić information content (AvgIpc) is 2.60. The number of hydrogen-bond acceptors (Lipinski definition) is 4. The molecular formula is C21H35N3OS. The Morgan fingerprint density at radius 1 is 1.27 bits per heavy atom. The van der Waals surface area contributed by atoms with Crippen molar-refractivity contribution in [1.82, 2.24) is 10.6 Å². The van der Waals surface area contributed by atoms with E-state index in [-0.39, 0.29) is 11.9 Å². The Morgan fingerprint density at radius 2 is 1.96 bits per heavy atom. The minimum atomic E-state index is 0.0798. The molecule has 5 heteroatoms. The van der Waals surface area contributed by atoms with Crippen LogP contribution in [0.1, 0.15) is 58.4 Å². The van der Waals surface area contributed by atoms with Crippen molar-refractivity contribution in [2.24, 2.45) is 5.92 Å². The summed E-state index contributed by atoms with van der Waals surface area (Å²) < 4.78 is 0. The minimum Gasteiger partial charge on any atom is -0.398 e. The van der Waals surface area contributed by atoms with Gasteiger partial charge in [-0.25, -0.2) is 0 Å². The molecule has 4 nitrogen and oxygen atoms in total. The lowest BCUT2D eigenvalue weighted by Gasteiger charge is -2.24. The lowest BCUT2D eigenvalue weighted by Crippen LogP contribution is -2.45. The van der Waals surface area contributed by atoms with Crippen LogP contribution in [0.25, 0.3) is 0 Å². The molecule has 0 heterocycles. The lowest BCUT2D eigenvalue weighted by atomic mass is 9.99. The third-order valence-corrected chi connectivity index (χ3v) is 5.76. The number of amides is 1. The molecular weight excluding hydrogens is 342 g/mol. The fourth-order valence-electron chi connectivity index (χ4n) is 2.64. The van der Waals surface area contributed by atoms with E-state index in [1.54, 1.807) is 11.8 Å². The van der Waals surface area contributed by atoms with Crippen LogP contribution in [0.4, 0.5) is 5.69 Å². The van der Waals surface area contributed by atoms with Crippen molar-refractivity contribution in [2.75, 3.05) is 19.3 Å². The normalized spacial score (nSPS) is 13.5. The van der Waals surface area contributed by atoms with E-state index in [1.807, 2.05) is 13.1 Å². The fraction of sp³-hybridized carbons (Fsp3) is 0.571. The van der Waals surface area contributed by atoms with Crippen molar-refractivity contribution < 1.29 is 4.79 Å². The van der Waals surface area contributed by atoms with E-state index in [2.05, 4.69) is 57.0 Å². The van der Waals surface area contributed by atoms with Gasteiger partial charge in [0.25, 0.3) is 0 Å². The highest BCUT2D eigenvalue weighted by Crippen LogP contribution is 2.34. The zero-order valence-corrected chi connectivity index (χ0v) is 17.7. The molecule has 0 radical (unpaired) electrons. The number of hydrogen-bond donors (Lipinski definition) is 3. The number of likely N-dealkylation sites (N-methyl/N-ethyl adjacent to an activating group) is 1. The summed E-state index contributed by atoms with van der Waals surface area (Å²) in [5.74, 6) is 0.984. The van der Waals surface area contributed by atoms with Crippen LogP contribution in [0.15, 0.2) is 34.6 Å². The number of nitrogen functional groups attached to an aromatic ring is 1. The standard InChI is InChI=1S/C21H35N3OS/c1-7-15(4)19(13-23-6)24-21(25)11-8-16(5)26-20-12-17(14(2)3)9-10-18(20)22/h9-10,12,14-15,19,23H,5,7-8,11,13,22H2,1-4,6H3,(H,24,25). The van der Waals surface area contributed by atoms with Gasteiger partial charge < -0.3 is 16.4 Å². The van der Waals surface area contributed by atoms with E-state index in [4.69, 9.17) is 5.73 Å². The molecule has 1 aromatic carbocycles. The summed E-state index contributed by atoms with van der Waals surface area (Å²) >= 11 is 1.57. The first kappa shape index (κ1) is 22.6. The summed E-state index contributed by atoms with van der Waals surface area (Å²) in [6.45, 7) is 13.6. The maximum absolute atomic E-state index is 12.3. The first-order valence-corrected chi connectivity index (χ1v) is 10.3. The molecule has 0 saturated heterocycles. The molecule has 0 aliphatic heterocycles. The van der Waals surface area contributed by atoms with Crippen LogP contribution in [0.2, 0.25) is 0 Å². The van der Waals surface area contributed by atoms with Crippen molar-refractivity contribution >= 4 is 23.4 Å². The van der Waals surface area contributed by atoms with Crippen molar-refractivity contribution in [3.8, 4) is 0 Å². The summed E-state index contributed by atoms with van der Waals surface area (Å²) in [5.41, 5.74) is 8.11. The quantitative estimate of drug-likeness (QED) is 0.391. The molecule has 4 N–H and O–H groups in total. The SMILES string of the molecule is C=C(CCC(=O)NC(CNC)C(C)CC)Sc1cc(C(C)C)ccc1N. The third kappa shape index (κ3) is 7.42. The summed E-state index contributed by atoms with van der Waals surface area (Å²) in [5, 5.41) is 6.30. The predicted molar refractivity (Wildman–Crippen MR) is 114 cm³/mol. The molecule has 0 bridgehead atoms. The van der Waals surface area contributed by atoms with Gasteiger partial charge in [-0.1, -0.05) is 58.5 Å². The number of benzene rings is 1. The van der Waals surface area contributed by atoms with Gasteiger partial charge in [0.15, 0.2) is 0 Å².